The summed E-state index contributed by atoms with van der Waals surface area (Å²) in [5.41, 5.74) is 4.25. The molecule has 1 aliphatic carbocycles. The van der Waals surface area contributed by atoms with Crippen molar-refractivity contribution in [3.05, 3.63) is 52.6 Å². The molecule has 0 bridgehead atoms. The van der Waals surface area contributed by atoms with Crippen LogP contribution in [0.1, 0.15) is 48.2 Å². The molecule has 1 fully saturated rings. The van der Waals surface area contributed by atoms with E-state index < -0.39 is 0 Å². The highest BCUT2D eigenvalue weighted by Gasteiger charge is 2.23. The second-order valence-electron chi connectivity index (χ2n) is 7.83. The van der Waals surface area contributed by atoms with Crippen molar-refractivity contribution in [1.82, 2.24) is 20.0 Å². The first-order valence-electron chi connectivity index (χ1n) is 9.89. The van der Waals surface area contributed by atoms with E-state index in [2.05, 4.69) is 21.4 Å². The van der Waals surface area contributed by atoms with E-state index in [-0.39, 0.29) is 17.6 Å². The van der Waals surface area contributed by atoms with Crippen molar-refractivity contribution in [3.63, 3.8) is 0 Å². The number of benzene rings is 1. The third kappa shape index (κ3) is 4.21. The van der Waals surface area contributed by atoms with Crippen molar-refractivity contribution >= 4 is 5.91 Å². The molecule has 0 saturated heterocycles. The molecule has 1 aliphatic heterocycles. The molecule has 2 heterocycles. The first-order valence-corrected chi connectivity index (χ1v) is 9.89. The fourth-order valence-electron chi connectivity index (χ4n) is 4.19. The lowest BCUT2D eigenvalue weighted by atomic mass is 10.1. The Morgan fingerprint density at radius 2 is 2.07 bits per heavy atom. The molecule has 1 saturated carbocycles. The minimum atomic E-state index is -0.183. The quantitative estimate of drug-likeness (QED) is 0.880. The zero-order valence-corrected chi connectivity index (χ0v) is 15.9. The average Bonchev–Trinajstić information content (AvgIpc) is 3.31. The third-order valence-electron chi connectivity index (χ3n) is 5.80. The molecule has 1 aromatic carbocycles. The van der Waals surface area contributed by atoms with Gasteiger partial charge >= 0.3 is 0 Å². The lowest BCUT2D eigenvalue weighted by Gasteiger charge is -2.28. The van der Waals surface area contributed by atoms with Crippen LogP contribution < -0.4 is 5.32 Å². The van der Waals surface area contributed by atoms with Gasteiger partial charge in [0, 0.05) is 25.6 Å². The zero-order valence-electron chi connectivity index (χ0n) is 15.9. The number of carbonyl (C=O) groups is 1. The predicted octanol–water partition coefficient (Wildman–Crippen LogP) is 3.15. The van der Waals surface area contributed by atoms with Gasteiger partial charge in [-0.05, 0) is 49.1 Å². The van der Waals surface area contributed by atoms with Crippen LogP contribution in [0.15, 0.2) is 24.3 Å². The van der Waals surface area contributed by atoms with Gasteiger partial charge < -0.3 is 5.32 Å². The molecule has 6 heteroatoms. The summed E-state index contributed by atoms with van der Waals surface area (Å²) >= 11 is 0. The van der Waals surface area contributed by atoms with Crippen LogP contribution in [0.2, 0.25) is 0 Å². The summed E-state index contributed by atoms with van der Waals surface area (Å²) < 4.78 is 15.3. The summed E-state index contributed by atoms with van der Waals surface area (Å²) in [6.45, 7) is 5.85. The molecule has 27 heavy (non-hydrogen) atoms. The van der Waals surface area contributed by atoms with Gasteiger partial charge in [-0.15, -0.1) is 0 Å². The standard InChI is InChI=1S/C21H27FN4O/c1-15-10-18(22)7-6-17(15)13-25-8-9-26-20(14-25)11-19(24-26)12-23-21(27)16-4-2-3-5-16/h6-7,10-11,16H,2-5,8-9,12-14H2,1H3,(H,23,27). The van der Waals surface area contributed by atoms with Crippen LogP contribution in [0, 0.1) is 18.7 Å². The summed E-state index contributed by atoms with van der Waals surface area (Å²) in [5, 5.41) is 7.70. The Morgan fingerprint density at radius 3 is 2.85 bits per heavy atom. The average molecular weight is 370 g/mol. The zero-order chi connectivity index (χ0) is 18.8. The summed E-state index contributed by atoms with van der Waals surface area (Å²) in [5.74, 6) is 0.181. The van der Waals surface area contributed by atoms with Gasteiger partial charge in [-0.1, -0.05) is 18.9 Å². The Morgan fingerprint density at radius 1 is 1.26 bits per heavy atom. The number of hydrogen-bond acceptors (Lipinski definition) is 3. The monoisotopic (exact) mass is 370 g/mol. The van der Waals surface area contributed by atoms with E-state index in [4.69, 9.17) is 0 Å². The first-order chi connectivity index (χ1) is 13.1. The highest BCUT2D eigenvalue weighted by molar-refractivity contribution is 5.78. The molecule has 4 rings (SSSR count). The van der Waals surface area contributed by atoms with Crippen molar-refractivity contribution in [2.75, 3.05) is 6.54 Å². The molecule has 144 valence electrons. The number of rotatable bonds is 5. The van der Waals surface area contributed by atoms with E-state index in [0.717, 1.165) is 55.8 Å². The molecule has 2 aromatic rings. The molecule has 0 atom stereocenters. The van der Waals surface area contributed by atoms with E-state index in [9.17, 15) is 9.18 Å². The molecule has 1 aromatic heterocycles. The van der Waals surface area contributed by atoms with Gasteiger partial charge in [-0.2, -0.15) is 5.10 Å². The van der Waals surface area contributed by atoms with Crippen molar-refractivity contribution in [3.8, 4) is 0 Å². The van der Waals surface area contributed by atoms with E-state index in [1.54, 1.807) is 6.07 Å². The van der Waals surface area contributed by atoms with Gasteiger partial charge in [0.25, 0.3) is 0 Å². The van der Waals surface area contributed by atoms with E-state index in [1.165, 1.54) is 24.6 Å². The van der Waals surface area contributed by atoms with Gasteiger partial charge in [-0.25, -0.2) is 4.39 Å². The number of nitrogens with one attached hydrogen (secondary N) is 1. The van der Waals surface area contributed by atoms with E-state index in [1.807, 2.05) is 17.7 Å². The minimum Gasteiger partial charge on any atom is -0.350 e. The number of aryl methyl sites for hydroxylation is 1. The van der Waals surface area contributed by atoms with Gasteiger partial charge in [0.2, 0.25) is 5.91 Å². The van der Waals surface area contributed by atoms with Crippen LogP contribution >= 0.6 is 0 Å². The number of amides is 1. The molecule has 1 amide bonds. The second kappa shape index (κ2) is 7.80. The molecule has 2 aliphatic rings. The summed E-state index contributed by atoms with van der Waals surface area (Å²) in [6.07, 6.45) is 4.37. The molecule has 0 radical (unpaired) electrons. The topological polar surface area (TPSA) is 50.2 Å². The number of fused-ring (bicyclic) bond motifs is 1. The fraction of sp³-hybridized carbons (Fsp3) is 0.524. The van der Waals surface area contributed by atoms with Gasteiger partial charge in [0.15, 0.2) is 0 Å². The normalized spacial score (nSPS) is 17.9. The Hall–Kier alpha value is -2.21. The molecule has 5 nitrogen and oxygen atoms in total. The number of carbonyl (C=O) groups excluding carboxylic acids is 1. The predicted molar refractivity (Wildman–Crippen MR) is 101 cm³/mol. The Labute approximate surface area is 159 Å². The number of aromatic nitrogens is 2. The maximum Gasteiger partial charge on any atom is 0.223 e. The first kappa shape index (κ1) is 18.2. The van der Waals surface area contributed by atoms with Crippen LogP contribution in [0.3, 0.4) is 0 Å². The Kier molecular flexibility index (Phi) is 5.25. The van der Waals surface area contributed by atoms with E-state index in [0.29, 0.717) is 6.54 Å². The lowest BCUT2D eigenvalue weighted by molar-refractivity contribution is -0.124. The van der Waals surface area contributed by atoms with Gasteiger partial charge in [0.05, 0.1) is 24.5 Å². The Bertz CT molecular complexity index is 826. The molecule has 1 N–H and O–H groups in total. The Balaban J connectivity index is 1.35. The molecule has 0 unspecified atom stereocenters. The van der Waals surface area contributed by atoms with Crippen LogP contribution in [0.4, 0.5) is 4.39 Å². The SMILES string of the molecule is Cc1cc(F)ccc1CN1CCn2nc(CNC(=O)C3CCCC3)cc2C1. The summed E-state index contributed by atoms with van der Waals surface area (Å²) in [6, 6.07) is 7.09. The maximum atomic E-state index is 13.3. The maximum absolute atomic E-state index is 13.3. The van der Waals surface area contributed by atoms with Crippen LogP contribution in [0.5, 0.6) is 0 Å². The van der Waals surface area contributed by atoms with Crippen molar-refractivity contribution < 1.29 is 9.18 Å². The fourth-order valence-corrected chi connectivity index (χ4v) is 4.19. The lowest BCUT2D eigenvalue weighted by Crippen LogP contribution is -2.33. The van der Waals surface area contributed by atoms with Crippen LogP contribution in [-0.2, 0) is 31.0 Å². The van der Waals surface area contributed by atoms with E-state index >= 15 is 0 Å². The highest BCUT2D eigenvalue weighted by Crippen LogP contribution is 2.25. The van der Waals surface area contributed by atoms with Gasteiger partial charge in [0.1, 0.15) is 5.82 Å². The van der Waals surface area contributed by atoms with Gasteiger partial charge in [-0.3, -0.25) is 14.4 Å². The molecular formula is C21H27FN4O. The van der Waals surface area contributed by atoms with Crippen LogP contribution in [0.25, 0.3) is 0 Å². The largest absolute Gasteiger partial charge is 0.350 e. The number of hydrogen-bond donors (Lipinski definition) is 1. The summed E-state index contributed by atoms with van der Waals surface area (Å²) in [7, 11) is 0. The van der Waals surface area contributed by atoms with Crippen LogP contribution in [-0.4, -0.2) is 27.1 Å². The van der Waals surface area contributed by atoms with Crippen molar-refractivity contribution in [2.24, 2.45) is 5.92 Å². The second-order valence-corrected chi connectivity index (χ2v) is 7.83. The van der Waals surface area contributed by atoms with Crippen molar-refractivity contribution in [2.45, 2.75) is 58.8 Å². The highest BCUT2D eigenvalue weighted by atomic mass is 19.1. The number of nitrogens with zero attached hydrogens (tertiary/aromatic N) is 3. The third-order valence-corrected chi connectivity index (χ3v) is 5.80. The molecule has 0 spiro atoms. The van der Waals surface area contributed by atoms with Crippen molar-refractivity contribution in [1.29, 1.82) is 0 Å². The minimum absolute atomic E-state index is 0.173. The molecular weight excluding hydrogens is 343 g/mol. The summed E-state index contributed by atoms with van der Waals surface area (Å²) in [4.78, 5) is 14.6. The smallest absolute Gasteiger partial charge is 0.223 e. The number of halogens is 1.